The van der Waals surface area contributed by atoms with Crippen molar-refractivity contribution in [2.75, 3.05) is 18.5 Å². The summed E-state index contributed by atoms with van der Waals surface area (Å²) in [5, 5.41) is 0. The third kappa shape index (κ3) is 3.13. The Morgan fingerprint density at radius 1 is 1.10 bits per heavy atom. The number of aryl methyl sites for hydroxylation is 2. The van der Waals surface area contributed by atoms with E-state index < -0.39 is 10.0 Å². The van der Waals surface area contributed by atoms with Crippen molar-refractivity contribution in [2.45, 2.75) is 18.7 Å². The van der Waals surface area contributed by atoms with Gasteiger partial charge in [0, 0.05) is 18.8 Å². The third-order valence-electron chi connectivity index (χ3n) is 2.99. The van der Waals surface area contributed by atoms with Gasteiger partial charge in [0.25, 0.3) is 10.0 Å². The Morgan fingerprint density at radius 3 is 2.29 bits per heavy atom. The molecule has 21 heavy (non-hydrogen) atoms. The summed E-state index contributed by atoms with van der Waals surface area (Å²) in [6.07, 6.45) is 0. The zero-order valence-electron chi connectivity index (χ0n) is 12.4. The summed E-state index contributed by atoms with van der Waals surface area (Å²) < 4.78 is 31.2. The number of aromatic nitrogens is 2. The Bertz CT molecular complexity index is 743. The molecule has 0 spiro atoms. The summed E-state index contributed by atoms with van der Waals surface area (Å²) in [6, 6.07) is 8.26. The van der Waals surface area contributed by atoms with Gasteiger partial charge in [0.2, 0.25) is 11.8 Å². The molecule has 0 bridgehead atoms. The van der Waals surface area contributed by atoms with Gasteiger partial charge >= 0.3 is 0 Å². The molecule has 7 heteroatoms. The highest BCUT2D eigenvalue weighted by Gasteiger charge is 2.23. The first-order chi connectivity index (χ1) is 9.84. The van der Waals surface area contributed by atoms with Crippen molar-refractivity contribution in [1.29, 1.82) is 0 Å². The van der Waals surface area contributed by atoms with Crippen LogP contribution in [0.1, 0.15) is 11.3 Å². The number of benzene rings is 1. The van der Waals surface area contributed by atoms with Gasteiger partial charge < -0.3 is 4.74 Å². The lowest BCUT2D eigenvalue weighted by atomic mass is 10.2. The second-order valence-electron chi connectivity index (χ2n) is 4.64. The zero-order chi connectivity index (χ0) is 15.6. The molecule has 0 atom stereocenters. The topological polar surface area (TPSA) is 72.4 Å². The van der Waals surface area contributed by atoms with E-state index in [0.717, 1.165) is 9.87 Å². The number of anilines is 1. The molecule has 112 valence electrons. The Morgan fingerprint density at radius 2 is 1.71 bits per heavy atom. The molecule has 6 nitrogen and oxygen atoms in total. The molecule has 0 N–H and O–H groups in total. The maximum absolute atomic E-state index is 12.6. The standard InChI is InChI=1S/C14H17N3O3S/c1-10-5-7-12(8-6-10)21(18,19)17(3)14-15-11(2)9-13(16-14)20-4/h5-9H,1-4H3. The SMILES string of the molecule is COc1cc(C)nc(N(C)S(=O)(=O)c2ccc(C)cc2)n1. The first kappa shape index (κ1) is 15.2. The first-order valence-corrected chi connectivity index (χ1v) is 7.74. The van der Waals surface area contributed by atoms with E-state index in [-0.39, 0.29) is 10.8 Å². The van der Waals surface area contributed by atoms with Gasteiger partial charge in [0.1, 0.15) is 0 Å². The molecular formula is C14H17N3O3S. The molecular weight excluding hydrogens is 290 g/mol. The first-order valence-electron chi connectivity index (χ1n) is 6.30. The van der Waals surface area contributed by atoms with Gasteiger partial charge in [-0.1, -0.05) is 17.7 Å². The quantitative estimate of drug-likeness (QED) is 0.863. The van der Waals surface area contributed by atoms with Crippen molar-refractivity contribution >= 4 is 16.0 Å². The van der Waals surface area contributed by atoms with Crippen LogP contribution in [0.4, 0.5) is 5.95 Å². The molecule has 0 saturated carbocycles. The summed E-state index contributed by atoms with van der Waals surface area (Å²) in [5.41, 5.74) is 1.62. The fourth-order valence-corrected chi connectivity index (χ4v) is 2.84. The van der Waals surface area contributed by atoms with Crippen LogP contribution in [0.2, 0.25) is 0 Å². The number of ether oxygens (including phenoxy) is 1. The van der Waals surface area contributed by atoms with E-state index in [9.17, 15) is 8.42 Å². The van der Waals surface area contributed by atoms with Gasteiger partial charge in [0.05, 0.1) is 12.0 Å². The number of hydrogen-bond acceptors (Lipinski definition) is 5. The van der Waals surface area contributed by atoms with Gasteiger partial charge in [-0.3, -0.25) is 0 Å². The normalized spacial score (nSPS) is 11.2. The minimum absolute atomic E-state index is 0.0763. The third-order valence-corrected chi connectivity index (χ3v) is 4.74. The maximum Gasteiger partial charge on any atom is 0.266 e. The monoisotopic (exact) mass is 307 g/mol. The minimum atomic E-state index is -3.70. The van der Waals surface area contributed by atoms with Crippen molar-refractivity contribution in [3.05, 3.63) is 41.6 Å². The molecule has 0 radical (unpaired) electrons. The van der Waals surface area contributed by atoms with Crippen LogP contribution in [0.25, 0.3) is 0 Å². The lowest BCUT2D eigenvalue weighted by Gasteiger charge is -2.18. The highest BCUT2D eigenvalue weighted by atomic mass is 32.2. The van der Waals surface area contributed by atoms with Crippen LogP contribution in [0.3, 0.4) is 0 Å². The Balaban J connectivity index is 2.45. The van der Waals surface area contributed by atoms with Crippen molar-refractivity contribution < 1.29 is 13.2 Å². The summed E-state index contributed by atoms with van der Waals surface area (Å²) in [4.78, 5) is 8.42. The number of sulfonamides is 1. The van der Waals surface area contributed by atoms with E-state index in [1.54, 1.807) is 37.3 Å². The molecule has 2 aromatic rings. The van der Waals surface area contributed by atoms with Crippen molar-refractivity contribution in [1.82, 2.24) is 9.97 Å². The second kappa shape index (κ2) is 5.69. The van der Waals surface area contributed by atoms with Gasteiger partial charge in [-0.15, -0.1) is 0 Å². The average molecular weight is 307 g/mol. The van der Waals surface area contributed by atoms with E-state index in [0.29, 0.717) is 11.6 Å². The van der Waals surface area contributed by atoms with Crippen LogP contribution < -0.4 is 9.04 Å². The van der Waals surface area contributed by atoms with Crippen LogP contribution in [0, 0.1) is 13.8 Å². The van der Waals surface area contributed by atoms with Crippen LogP contribution in [-0.4, -0.2) is 32.5 Å². The van der Waals surface area contributed by atoms with Crippen LogP contribution in [0.15, 0.2) is 35.2 Å². The van der Waals surface area contributed by atoms with E-state index in [1.807, 2.05) is 6.92 Å². The highest BCUT2D eigenvalue weighted by Crippen LogP contribution is 2.21. The van der Waals surface area contributed by atoms with E-state index >= 15 is 0 Å². The maximum atomic E-state index is 12.6. The number of methoxy groups -OCH3 is 1. The molecule has 0 aliphatic heterocycles. The van der Waals surface area contributed by atoms with Gasteiger partial charge in [-0.05, 0) is 26.0 Å². The smallest absolute Gasteiger partial charge is 0.266 e. The molecule has 0 aliphatic carbocycles. The van der Waals surface area contributed by atoms with E-state index in [1.165, 1.54) is 14.2 Å². The molecule has 0 saturated heterocycles. The average Bonchev–Trinajstić information content (AvgIpc) is 2.46. The zero-order valence-corrected chi connectivity index (χ0v) is 13.2. The molecule has 0 amide bonds. The summed E-state index contributed by atoms with van der Waals surface area (Å²) in [5.74, 6) is 0.399. The molecule has 0 unspecified atom stereocenters. The number of hydrogen-bond donors (Lipinski definition) is 0. The summed E-state index contributed by atoms with van der Waals surface area (Å²) in [6.45, 7) is 3.65. The molecule has 0 aliphatic rings. The number of nitrogens with zero attached hydrogens (tertiary/aromatic N) is 3. The van der Waals surface area contributed by atoms with E-state index in [4.69, 9.17) is 4.74 Å². The number of rotatable bonds is 4. The van der Waals surface area contributed by atoms with Crippen LogP contribution in [-0.2, 0) is 10.0 Å². The van der Waals surface area contributed by atoms with Crippen molar-refractivity contribution in [2.24, 2.45) is 0 Å². The lowest BCUT2D eigenvalue weighted by Crippen LogP contribution is -2.28. The highest BCUT2D eigenvalue weighted by molar-refractivity contribution is 7.92. The Hall–Kier alpha value is -2.15. The molecule has 2 rings (SSSR count). The predicted octanol–water partition coefficient (Wildman–Crippen LogP) is 1.93. The molecule has 0 fully saturated rings. The predicted molar refractivity (Wildman–Crippen MR) is 80.1 cm³/mol. The largest absolute Gasteiger partial charge is 0.481 e. The molecule has 1 heterocycles. The second-order valence-corrected chi connectivity index (χ2v) is 6.61. The van der Waals surface area contributed by atoms with Gasteiger partial charge in [0.15, 0.2) is 0 Å². The minimum Gasteiger partial charge on any atom is -0.481 e. The van der Waals surface area contributed by atoms with Gasteiger partial charge in [-0.25, -0.2) is 17.7 Å². The van der Waals surface area contributed by atoms with E-state index in [2.05, 4.69) is 9.97 Å². The molecule has 1 aromatic heterocycles. The fourth-order valence-electron chi connectivity index (χ4n) is 1.75. The Kier molecular flexibility index (Phi) is 4.13. The van der Waals surface area contributed by atoms with Crippen LogP contribution >= 0.6 is 0 Å². The van der Waals surface area contributed by atoms with Crippen LogP contribution in [0.5, 0.6) is 5.88 Å². The van der Waals surface area contributed by atoms with Crippen molar-refractivity contribution in [3.8, 4) is 5.88 Å². The van der Waals surface area contributed by atoms with Gasteiger partial charge in [-0.2, -0.15) is 4.98 Å². The lowest BCUT2D eigenvalue weighted by molar-refractivity contribution is 0.396. The molecule has 1 aromatic carbocycles. The summed E-state index contributed by atoms with van der Waals surface area (Å²) >= 11 is 0. The Labute approximate surface area is 124 Å². The summed E-state index contributed by atoms with van der Waals surface area (Å²) in [7, 11) is -0.805. The fraction of sp³-hybridized carbons (Fsp3) is 0.286. The van der Waals surface area contributed by atoms with Crippen molar-refractivity contribution in [3.63, 3.8) is 0 Å².